The molecule has 4 rings (SSSR count). The Labute approximate surface area is 220 Å². The van der Waals surface area contributed by atoms with Gasteiger partial charge in [-0.1, -0.05) is 47.5 Å². The zero-order chi connectivity index (χ0) is 25.8. The number of hydrogen-bond donors (Lipinski definition) is 0. The predicted molar refractivity (Wildman–Crippen MR) is 138 cm³/mol. The second-order valence-electron chi connectivity index (χ2n) is 7.64. The van der Waals surface area contributed by atoms with Crippen LogP contribution in [0, 0.1) is 10.1 Å². The summed E-state index contributed by atoms with van der Waals surface area (Å²) in [7, 11) is 1.44. The molecule has 184 valence electrons. The second kappa shape index (κ2) is 11.0. The molecule has 0 radical (unpaired) electrons. The van der Waals surface area contributed by atoms with Gasteiger partial charge >= 0.3 is 0 Å². The molecule has 0 atom stereocenters. The maximum absolute atomic E-state index is 12.9. The maximum Gasteiger partial charge on any atom is 0.293 e. The van der Waals surface area contributed by atoms with Crippen LogP contribution in [0.3, 0.4) is 0 Å². The Kier molecular flexibility index (Phi) is 7.83. The first kappa shape index (κ1) is 25.6. The van der Waals surface area contributed by atoms with Gasteiger partial charge in [0.2, 0.25) is 0 Å². The van der Waals surface area contributed by atoms with Crippen molar-refractivity contribution < 1.29 is 24.0 Å². The fraction of sp³-hybridized carbons (Fsp3) is 0.120. The average molecular weight is 545 g/mol. The minimum Gasteiger partial charge on any atom is -0.493 e. The number of non-ortho nitro benzene ring substituents is 1. The van der Waals surface area contributed by atoms with Gasteiger partial charge in [-0.05, 0) is 58.8 Å². The van der Waals surface area contributed by atoms with Crippen molar-refractivity contribution in [3.8, 4) is 11.5 Å². The van der Waals surface area contributed by atoms with Gasteiger partial charge in [-0.3, -0.25) is 24.6 Å². The largest absolute Gasteiger partial charge is 0.493 e. The quantitative estimate of drug-likeness (QED) is 0.176. The van der Waals surface area contributed by atoms with Gasteiger partial charge in [-0.15, -0.1) is 0 Å². The molecule has 3 aromatic carbocycles. The first-order valence-corrected chi connectivity index (χ1v) is 12.1. The normalized spacial score (nSPS) is 14.4. The summed E-state index contributed by atoms with van der Waals surface area (Å²) in [5, 5.41) is 11.4. The van der Waals surface area contributed by atoms with Gasteiger partial charge in [0.25, 0.3) is 16.8 Å². The van der Waals surface area contributed by atoms with Crippen molar-refractivity contribution in [1.29, 1.82) is 0 Å². The van der Waals surface area contributed by atoms with E-state index in [9.17, 15) is 19.7 Å². The van der Waals surface area contributed by atoms with Crippen LogP contribution < -0.4 is 9.47 Å². The van der Waals surface area contributed by atoms with Crippen molar-refractivity contribution >= 4 is 57.9 Å². The van der Waals surface area contributed by atoms with Crippen LogP contribution in [0.2, 0.25) is 10.0 Å². The molecule has 1 aliphatic rings. The Hall–Kier alpha value is -3.53. The number of hydrogen-bond acceptors (Lipinski definition) is 7. The zero-order valence-corrected chi connectivity index (χ0v) is 21.1. The first-order chi connectivity index (χ1) is 17.2. The number of nitro groups is 1. The average Bonchev–Trinajstić information content (AvgIpc) is 3.11. The van der Waals surface area contributed by atoms with Crippen molar-refractivity contribution in [3.63, 3.8) is 0 Å². The summed E-state index contributed by atoms with van der Waals surface area (Å²) >= 11 is 13.2. The molecular weight excluding hydrogens is 527 g/mol. The zero-order valence-electron chi connectivity index (χ0n) is 18.8. The topological polar surface area (TPSA) is 99.0 Å². The summed E-state index contributed by atoms with van der Waals surface area (Å²) in [5.74, 6) is 0.138. The number of imide groups is 1. The van der Waals surface area contributed by atoms with Crippen molar-refractivity contribution in [2.24, 2.45) is 0 Å². The highest BCUT2D eigenvalue weighted by Crippen LogP contribution is 2.39. The van der Waals surface area contributed by atoms with E-state index in [1.54, 1.807) is 54.6 Å². The molecule has 0 unspecified atom stereocenters. The minimum atomic E-state index is -0.483. The van der Waals surface area contributed by atoms with Gasteiger partial charge in [-0.2, -0.15) is 0 Å². The number of rotatable bonds is 8. The minimum absolute atomic E-state index is 0.0285. The number of carbonyl (C=O) groups excluding carboxylic acids is 2. The van der Waals surface area contributed by atoms with Gasteiger partial charge in [0.05, 0.1) is 28.5 Å². The lowest BCUT2D eigenvalue weighted by Crippen LogP contribution is -2.27. The van der Waals surface area contributed by atoms with Gasteiger partial charge in [0, 0.05) is 17.2 Å². The molecule has 1 fully saturated rings. The lowest BCUT2D eigenvalue weighted by atomic mass is 10.1. The van der Waals surface area contributed by atoms with E-state index in [1.807, 2.05) is 0 Å². The van der Waals surface area contributed by atoms with Crippen LogP contribution in [0.4, 0.5) is 10.5 Å². The third-order valence-electron chi connectivity index (χ3n) is 5.18. The Morgan fingerprint density at radius 1 is 1.06 bits per heavy atom. The smallest absolute Gasteiger partial charge is 0.293 e. The molecule has 1 heterocycles. The van der Waals surface area contributed by atoms with Crippen molar-refractivity contribution in [1.82, 2.24) is 4.90 Å². The molecule has 0 aliphatic carbocycles. The standard InChI is InChI=1S/C25H18Cl2N2O6S/c1-34-21-11-17(10-20(27)23(21)35-14-16-3-2-4-19(9-16)29(32)33)12-22-24(30)28(25(31)36-22)13-15-5-7-18(26)8-6-15/h2-12H,13-14H2,1H3/b22-12+. The van der Waals surface area contributed by atoms with Gasteiger partial charge in [-0.25, -0.2) is 0 Å². The van der Waals surface area contributed by atoms with E-state index >= 15 is 0 Å². The molecule has 1 aliphatic heterocycles. The molecule has 36 heavy (non-hydrogen) atoms. The Morgan fingerprint density at radius 3 is 2.50 bits per heavy atom. The van der Waals surface area contributed by atoms with Crippen LogP contribution in [0.25, 0.3) is 6.08 Å². The Bertz CT molecular complexity index is 1380. The number of amides is 2. The number of nitro benzene ring substituents is 1. The summed E-state index contributed by atoms with van der Waals surface area (Å²) in [5.41, 5.74) is 1.85. The molecule has 0 saturated carbocycles. The third-order valence-corrected chi connectivity index (χ3v) is 6.62. The number of halogens is 2. The van der Waals surface area contributed by atoms with E-state index in [-0.39, 0.29) is 39.8 Å². The summed E-state index contributed by atoms with van der Waals surface area (Å²) in [4.78, 5) is 37.3. The third kappa shape index (κ3) is 5.81. The fourth-order valence-electron chi connectivity index (χ4n) is 3.44. The predicted octanol–water partition coefficient (Wildman–Crippen LogP) is 6.73. The van der Waals surface area contributed by atoms with Crippen LogP contribution in [-0.4, -0.2) is 28.1 Å². The summed E-state index contributed by atoms with van der Waals surface area (Å²) in [6.45, 7) is 0.161. The number of carbonyl (C=O) groups is 2. The molecule has 2 amide bonds. The molecule has 11 heteroatoms. The molecular formula is C25H18Cl2N2O6S. The molecule has 0 aromatic heterocycles. The van der Waals surface area contributed by atoms with Crippen molar-refractivity contribution in [2.45, 2.75) is 13.2 Å². The van der Waals surface area contributed by atoms with Crippen LogP contribution in [0.5, 0.6) is 11.5 Å². The second-order valence-corrected chi connectivity index (χ2v) is 9.48. The highest BCUT2D eigenvalue weighted by atomic mass is 35.5. The molecule has 0 bridgehead atoms. The van der Waals surface area contributed by atoms with E-state index in [0.29, 0.717) is 21.9 Å². The van der Waals surface area contributed by atoms with Crippen molar-refractivity contribution in [3.05, 3.63) is 102 Å². The molecule has 1 saturated heterocycles. The van der Waals surface area contributed by atoms with E-state index in [2.05, 4.69) is 0 Å². The number of thioether (sulfide) groups is 1. The lowest BCUT2D eigenvalue weighted by Gasteiger charge is -2.14. The highest BCUT2D eigenvalue weighted by Gasteiger charge is 2.35. The Balaban J connectivity index is 1.52. The van der Waals surface area contributed by atoms with E-state index in [4.69, 9.17) is 32.7 Å². The van der Waals surface area contributed by atoms with Gasteiger partial charge in [0.15, 0.2) is 11.5 Å². The summed E-state index contributed by atoms with van der Waals surface area (Å²) in [6.07, 6.45) is 1.56. The lowest BCUT2D eigenvalue weighted by molar-refractivity contribution is -0.384. The summed E-state index contributed by atoms with van der Waals surface area (Å²) in [6, 6.07) is 16.2. The van der Waals surface area contributed by atoms with Crippen LogP contribution >= 0.6 is 35.0 Å². The van der Waals surface area contributed by atoms with E-state index in [0.717, 1.165) is 22.2 Å². The maximum atomic E-state index is 12.9. The van der Waals surface area contributed by atoms with Crippen molar-refractivity contribution in [2.75, 3.05) is 7.11 Å². The van der Waals surface area contributed by atoms with E-state index in [1.165, 1.54) is 19.2 Å². The van der Waals surface area contributed by atoms with E-state index < -0.39 is 10.8 Å². The molecule has 8 nitrogen and oxygen atoms in total. The monoisotopic (exact) mass is 544 g/mol. The van der Waals surface area contributed by atoms with Crippen LogP contribution in [0.1, 0.15) is 16.7 Å². The molecule has 0 spiro atoms. The number of nitrogens with zero attached hydrogens (tertiary/aromatic N) is 2. The number of ether oxygens (including phenoxy) is 2. The molecule has 0 N–H and O–H groups in total. The van der Waals surface area contributed by atoms with Crippen LogP contribution in [0.15, 0.2) is 65.6 Å². The first-order valence-electron chi connectivity index (χ1n) is 10.5. The Morgan fingerprint density at radius 2 is 1.81 bits per heavy atom. The number of benzene rings is 3. The highest BCUT2D eigenvalue weighted by molar-refractivity contribution is 8.18. The SMILES string of the molecule is COc1cc(/C=C2/SC(=O)N(Cc3ccc(Cl)cc3)C2=O)cc(Cl)c1OCc1cccc([N+](=O)[O-])c1. The van der Waals surface area contributed by atoms with Gasteiger partial charge < -0.3 is 9.47 Å². The van der Waals surface area contributed by atoms with Crippen LogP contribution in [-0.2, 0) is 17.9 Å². The van der Waals surface area contributed by atoms with Gasteiger partial charge in [0.1, 0.15) is 6.61 Å². The number of methoxy groups -OCH3 is 1. The fourth-order valence-corrected chi connectivity index (χ4v) is 4.68. The molecule has 3 aromatic rings. The summed E-state index contributed by atoms with van der Waals surface area (Å²) < 4.78 is 11.2.